The molecule has 0 saturated carbocycles. The third-order valence-corrected chi connectivity index (χ3v) is 15.9. The van der Waals surface area contributed by atoms with Crippen molar-refractivity contribution in [3.8, 4) is 55.6 Å². The number of aryl methyl sites for hydroxylation is 4. The SMILES string of the molecule is Cc1cc(-c2cc(C)c(N(c3ccc(-c4cccc5c4oc4ccccc45)cc3)c3ccccc3-c3ccccc3)c(C)c2)cc(C)c1N(c1ccc(-c2cccc3c2oc2ccccc23)cc1)c1ccccc1-c1ccccc1. The molecular weight excluding hydrogens is 973 g/mol. The number of para-hydroxylation sites is 6. The summed E-state index contributed by atoms with van der Waals surface area (Å²) in [5.74, 6) is 0. The van der Waals surface area contributed by atoms with E-state index in [1.54, 1.807) is 0 Å². The molecule has 14 aromatic rings. The van der Waals surface area contributed by atoms with Gasteiger partial charge in [-0.15, -0.1) is 0 Å². The van der Waals surface area contributed by atoms with Gasteiger partial charge in [-0.3, -0.25) is 0 Å². The molecule has 14 rings (SSSR count). The second kappa shape index (κ2) is 20.0. The minimum Gasteiger partial charge on any atom is -0.455 e. The molecule has 0 saturated heterocycles. The van der Waals surface area contributed by atoms with Crippen LogP contribution in [0.2, 0.25) is 0 Å². The van der Waals surface area contributed by atoms with Crippen LogP contribution in [0.4, 0.5) is 34.1 Å². The Labute approximate surface area is 466 Å². The molecule has 12 aromatic carbocycles. The van der Waals surface area contributed by atoms with Crippen molar-refractivity contribution in [2.75, 3.05) is 9.80 Å². The van der Waals surface area contributed by atoms with Crippen molar-refractivity contribution in [1.82, 2.24) is 0 Å². The molecule has 2 aromatic heterocycles. The molecule has 0 spiro atoms. The van der Waals surface area contributed by atoms with Crippen LogP contribution >= 0.6 is 0 Å². The van der Waals surface area contributed by atoms with Crippen LogP contribution in [0.1, 0.15) is 22.3 Å². The summed E-state index contributed by atoms with van der Waals surface area (Å²) in [7, 11) is 0. The molecular formula is C76H56N2O2. The predicted molar refractivity (Wildman–Crippen MR) is 336 cm³/mol. The molecule has 382 valence electrons. The summed E-state index contributed by atoms with van der Waals surface area (Å²) in [5, 5.41) is 4.50. The number of nitrogens with zero attached hydrogens (tertiary/aromatic N) is 2. The Bertz CT molecular complexity index is 4280. The Morgan fingerprint density at radius 1 is 0.250 bits per heavy atom. The lowest BCUT2D eigenvalue weighted by Crippen LogP contribution is -2.14. The van der Waals surface area contributed by atoms with Crippen LogP contribution < -0.4 is 9.80 Å². The van der Waals surface area contributed by atoms with E-state index in [2.05, 4.69) is 280 Å². The average molecular weight is 1030 g/mol. The number of hydrogen-bond donors (Lipinski definition) is 0. The monoisotopic (exact) mass is 1030 g/mol. The molecule has 0 fully saturated rings. The molecule has 0 amide bonds. The standard InChI is InChI=1S/C76H56N2O2/c1-49-45-57(46-50(2)73(49)77(69-33-15-11-25-61(69)53-21-7-5-8-22-53)59-41-37-55(38-42-59)63-29-19-31-67-65-27-13-17-35-71(65)79-75(63)67)58-47-51(3)74(52(4)48-58)78(70-34-16-12-26-62(70)54-23-9-6-10-24-54)60-43-39-56(40-44-60)64-30-20-32-68-66-28-14-18-36-72(66)80-76(64)68/h5-48H,1-4H3. The summed E-state index contributed by atoms with van der Waals surface area (Å²) in [6.45, 7) is 9.04. The van der Waals surface area contributed by atoms with E-state index < -0.39 is 0 Å². The number of anilines is 6. The molecule has 2 heterocycles. The highest BCUT2D eigenvalue weighted by molar-refractivity contribution is 6.11. The van der Waals surface area contributed by atoms with E-state index >= 15 is 0 Å². The predicted octanol–water partition coefficient (Wildman–Crippen LogP) is 22.0. The molecule has 0 radical (unpaired) electrons. The van der Waals surface area contributed by atoms with Gasteiger partial charge in [-0.05, 0) is 156 Å². The van der Waals surface area contributed by atoms with Crippen LogP contribution in [-0.4, -0.2) is 0 Å². The fraction of sp³-hybridized carbons (Fsp3) is 0.0526. The van der Waals surface area contributed by atoms with E-state index in [-0.39, 0.29) is 0 Å². The second-order valence-electron chi connectivity index (χ2n) is 21.0. The minimum absolute atomic E-state index is 0.897. The quantitative estimate of drug-likeness (QED) is 0.129. The summed E-state index contributed by atoms with van der Waals surface area (Å²) in [5.41, 5.74) is 26.3. The van der Waals surface area contributed by atoms with Gasteiger partial charge in [0.2, 0.25) is 0 Å². The van der Waals surface area contributed by atoms with Gasteiger partial charge in [0.25, 0.3) is 0 Å². The summed E-state index contributed by atoms with van der Waals surface area (Å²) >= 11 is 0. The zero-order valence-corrected chi connectivity index (χ0v) is 45.1. The van der Waals surface area contributed by atoms with Crippen LogP contribution in [0, 0.1) is 27.7 Å². The molecule has 0 aliphatic rings. The molecule has 0 atom stereocenters. The van der Waals surface area contributed by atoms with E-state index in [0.29, 0.717) is 0 Å². The van der Waals surface area contributed by atoms with Crippen LogP contribution in [0.5, 0.6) is 0 Å². The van der Waals surface area contributed by atoms with Gasteiger partial charge in [0.15, 0.2) is 0 Å². The first-order valence-electron chi connectivity index (χ1n) is 27.5. The maximum atomic E-state index is 6.51. The lowest BCUT2D eigenvalue weighted by molar-refractivity contribution is 0.669. The Morgan fingerprint density at radius 3 is 0.963 bits per heavy atom. The van der Waals surface area contributed by atoms with Crippen molar-refractivity contribution in [2.24, 2.45) is 0 Å². The van der Waals surface area contributed by atoms with Crippen LogP contribution in [0.25, 0.3) is 99.5 Å². The minimum atomic E-state index is 0.897. The van der Waals surface area contributed by atoms with Gasteiger partial charge >= 0.3 is 0 Å². The summed E-state index contributed by atoms with van der Waals surface area (Å²) in [6.07, 6.45) is 0. The maximum absolute atomic E-state index is 6.51. The largest absolute Gasteiger partial charge is 0.455 e. The molecule has 0 bridgehead atoms. The number of benzene rings is 12. The van der Waals surface area contributed by atoms with Crippen molar-refractivity contribution in [3.63, 3.8) is 0 Å². The molecule has 80 heavy (non-hydrogen) atoms. The number of hydrogen-bond acceptors (Lipinski definition) is 4. The average Bonchev–Trinajstić information content (AvgIpc) is 4.17. The molecule has 0 unspecified atom stereocenters. The number of rotatable bonds is 11. The van der Waals surface area contributed by atoms with Gasteiger partial charge in [-0.25, -0.2) is 0 Å². The highest BCUT2D eigenvalue weighted by Crippen LogP contribution is 2.49. The Morgan fingerprint density at radius 2 is 0.562 bits per heavy atom. The third kappa shape index (κ3) is 8.41. The Balaban J connectivity index is 0.869. The summed E-state index contributed by atoms with van der Waals surface area (Å²) in [6, 6.07) is 95.9. The van der Waals surface area contributed by atoms with E-state index in [4.69, 9.17) is 8.83 Å². The summed E-state index contributed by atoms with van der Waals surface area (Å²) < 4.78 is 13.0. The first-order valence-corrected chi connectivity index (χ1v) is 27.5. The van der Waals surface area contributed by atoms with Gasteiger partial charge in [-0.1, -0.05) is 194 Å². The first-order chi connectivity index (χ1) is 39.3. The van der Waals surface area contributed by atoms with Crippen molar-refractivity contribution in [3.05, 3.63) is 289 Å². The fourth-order valence-electron chi connectivity index (χ4n) is 12.3. The highest BCUT2D eigenvalue weighted by Gasteiger charge is 2.25. The lowest BCUT2D eigenvalue weighted by atomic mass is 9.93. The Kier molecular flexibility index (Phi) is 12.1. The Hall–Kier alpha value is -10.2. The highest BCUT2D eigenvalue weighted by atomic mass is 16.3. The van der Waals surface area contributed by atoms with E-state index in [1.165, 1.54) is 33.4 Å². The fourth-order valence-corrected chi connectivity index (χ4v) is 12.3. The van der Waals surface area contributed by atoms with Crippen LogP contribution in [0.15, 0.2) is 276 Å². The number of furan rings is 2. The molecule has 0 N–H and O–H groups in total. The zero-order valence-electron chi connectivity index (χ0n) is 45.1. The lowest BCUT2D eigenvalue weighted by Gasteiger charge is -2.32. The second-order valence-corrected chi connectivity index (χ2v) is 21.0. The van der Waals surface area contributed by atoms with Crippen molar-refractivity contribution >= 4 is 78.0 Å². The maximum Gasteiger partial charge on any atom is 0.143 e. The zero-order chi connectivity index (χ0) is 53.8. The van der Waals surface area contributed by atoms with Crippen LogP contribution in [0.3, 0.4) is 0 Å². The van der Waals surface area contributed by atoms with Gasteiger partial charge < -0.3 is 18.6 Å². The normalized spacial score (nSPS) is 11.5. The van der Waals surface area contributed by atoms with Crippen LogP contribution in [-0.2, 0) is 0 Å². The van der Waals surface area contributed by atoms with Gasteiger partial charge in [0.05, 0.1) is 22.7 Å². The molecule has 4 heteroatoms. The smallest absolute Gasteiger partial charge is 0.143 e. The van der Waals surface area contributed by atoms with Gasteiger partial charge in [0.1, 0.15) is 22.3 Å². The van der Waals surface area contributed by atoms with E-state index in [9.17, 15) is 0 Å². The van der Waals surface area contributed by atoms with Gasteiger partial charge in [-0.2, -0.15) is 0 Å². The summed E-state index contributed by atoms with van der Waals surface area (Å²) in [4.78, 5) is 4.90. The molecule has 4 nitrogen and oxygen atoms in total. The first kappa shape index (κ1) is 48.2. The van der Waals surface area contributed by atoms with Crippen molar-refractivity contribution < 1.29 is 8.83 Å². The van der Waals surface area contributed by atoms with E-state index in [1.807, 2.05) is 24.3 Å². The molecule has 0 aliphatic heterocycles. The van der Waals surface area contributed by atoms with Crippen molar-refractivity contribution in [2.45, 2.75) is 27.7 Å². The topological polar surface area (TPSA) is 32.8 Å². The van der Waals surface area contributed by atoms with E-state index in [0.717, 1.165) is 123 Å². The van der Waals surface area contributed by atoms with Crippen molar-refractivity contribution in [1.29, 1.82) is 0 Å². The number of fused-ring (bicyclic) bond motifs is 6. The molecule has 0 aliphatic carbocycles. The third-order valence-electron chi connectivity index (χ3n) is 15.9. The van der Waals surface area contributed by atoms with Gasteiger partial charge in [0, 0.05) is 55.2 Å².